The van der Waals surface area contributed by atoms with Gasteiger partial charge in [0.05, 0.1) is 42.7 Å². The number of rotatable bonds is 30. The number of nitrogens with one attached hydrogen (secondary N) is 3. The molecule has 1 saturated heterocycles. The van der Waals surface area contributed by atoms with E-state index in [1.54, 1.807) is 21.1 Å². The molecule has 10 atom stereocenters. The Balaban J connectivity index is 1.71. The van der Waals surface area contributed by atoms with Crippen LogP contribution >= 0.6 is 0 Å². The maximum atomic E-state index is 14.4. The molecular weight excluding hydrogens is 851 g/mol. The van der Waals surface area contributed by atoms with Gasteiger partial charge in [-0.15, -0.1) is 0 Å². The van der Waals surface area contributed by atoms with E-state index in [-0.39, 0.29) is 77.9 Å². The highest BCUT2D eigenvalue weighted by Gasteiger charge is 2.42. The van der Waals surface area contributed by atoms with Crippen LogP contribution in [0.5, 0.6) is 0 Å². The first-order valence-corrected chi connectivity index (χ1v) is 24.6. The number of carbonyl (C=O) groups is 6. The molecule has 374 valence electrons. The van der Waals surface area contributed by atoms with E-state index in [0.717, 1.165) is 24.0 Å². The average molecular weight is 934 g/mol. The Morgan fingerprint density at radius 2 is 1.43 bits per heavy atom. The fourth-order valence-electron chi connectivity index (χ4n) is 9.72. The zero-order valence-corrected chi connectivity index (χ0v) is 42.3. The molecule has 3 rings (SSSR count). The van der Waals surface area contributed by atoms with Gasteiger partial charge >= 0.3 is 5.97 Å². The number of hydrogen-bond donors (Lipinski definition) is 4. The monoisotopic (exact) mass is 934 g/mol. The Bertz CT molecular complexity index is 1850. The van der Waals surface area contributed by atoms with E-state index in [2.05, 4.69) is 29.8 Å². The molecule has 0 bridgehead atoms. The highest BCUT2D eigenvalue weighted by atomic mass is 16.5. The van der Waals surface area contributed by atoms with Crippen LogP contribution in [0.4, 0.5) is 0 Å². The molecule has 4 amide bonds. The molecular formula is C53H83N5O9. The molecule has 14 heteroatoms. The molecule has 0 radical (unpaired) electrons. The zero-order valence-electron chi connectivity index (χ0n) is 42.3. The largest absolute Gasteiger partial charge is 0.481 e. The van der Waals surface area contributed by atoms with Crippen molar-refractivity contribution in [3.8, 4) is 0 Å². The maximum Gasteiger partial charge on any atom is 0.303 e. The summed E-state index contributed by atoms with van der Waals surface area (Å²) in [6, 6.07) is 16.7. The summed E-state index contributed by atoms with van der Waals surface area (Å²) in [5.41, 5.74) is 1.85. The van der Waals surface area contributed by atoms with Crippen molar-refractivity contribution in [2.75, 3.05) is 34.4 Å². The van der Waals surface area contributed by atoms with Gasteiger partial charge in [-0.1, -0.05) is 122 Å². The van der Waals surface area contributed by atoms with Crippen molar-refractivity contribution >= 4 is 35.4 Å². The molecule has 14 nitrogen and oxygen atoms in total. The lowest BCUT2D eigenvalue weighted by Gasteiger charge is -2.36. The lowest BCUT2D eigenvalue weighted by atomic mass is 9.79. The molecule has 1 fully saturated rings. The second kappa shape index (κ2) is 28.6. The quantitative estimate of drug-likeness (QED) is 0.0659. The summed E-state index contributed by atoms with van der Waals surface area (Å²) in [5, 5.41) is 18.2. The smallest absolute Gasteiger partial charge is 0.303 e. The minimum Gasteiger partial charge on any atom is -0.481 e. The van der Waals surface area contributed by atoms with E-state index < -0.39 is 42.2 Å². The van der Waals surface area contributed by atoms with Crippen molar-refractivity contribution in [2.45, 2.75) is 156 Å². The number of Topliss-reactive ketones (excluding diaryl/α,β-unsaturated/α-hetero) is 1. The van der Waals surface area contributed by atoms with Gasteiger partial charge in [0, 0.05) is 46.1 Å². The number of aliphatic carboxylic acids is 1. The Kier molecular flexibility index (Phi) is 24.2. The van der Waals surface area contributed by atoms with Crippen LogP contribution in [0.15, 0.2) is 60.7 Å². The van der Waals surface area contributed by atoms with E-state index in [0.29, 0.717) is 51.7 Å². The number of carboxylic acids is 1. The number of carbonyl (C=O) groups excluding carboxylic acids is 5. The van der Waals surface area contributed by atoms with Gasteiger partial charge in [0.1, 0.15) is 6.04 Å². The van der Waals surface area contributed by atoms with Crippen LogP contribution in [-0.2, 0) is 51.2 Å². The second-order valence-corrected chi connectivity index (χ2v) is 19.5. The van der Waals surface area contributed by atoms with Gasteiger partial charge in [-0.2, -0.15) is 0 Å². The van der Waals surface area contributed by atoms with Gasteiger partial charge in [-0.05, 0) is 80.5 Å². The third kappa shape index (κ3) is 17.4. The first-order valence-electron chi connectivity index (χ1n) is 24.6. The Morgan fingerprint density at radius 3 is 1.99 bits per heavy atom. The summed E-state index contributed by atoms with van der Waals surface area (Å²) >= 11 is 0. The highest BCUT2D eigenvalue weighted by Crippen LogP contribution is 2.33. The number of likely N-dealkylation sites (tertiary alicyclic amines) is 1. The third-order valence-corrected chi connectivity index (χ3v) is 13.9. The number of likely N-dealkylation sites (N-methyl/N-ethyl adjacent to an activating group) is 1. The molecule has 0 spiro atoms. The molecule has 2 aromatic carbocycles. The van der Waals surface area contributed by atoms with Crippen LogP contribution in [0.1, 0.15) is 118 Å². The Hall–Kier alpha value is -4.66. The van der Waals surface area contributed by atoms with Crippen molar-refractivity contribution in [3.05, 3.63) is 71.8 Å². The molecule has 4 N–H and O–H groups in total. The van der Waals surface area contributed by atoms with E-state index in [9.17, 15) is 28.8 Å². The standard InChI is InChI=1S/C53H83N5O9/c1-12-36(6)41(28-27-37(7)49(62)47(34(2)3)56-53(65)48(35(4)5)57(9)29-20-26-46(60)61)44(66-10)32-45(59)58-30-19-25-43(58)50(67-11)38(8)51(63)55-42(31-39-21-15-13-16-22-39)52(64)54-33-40-23-17-14-18-24-40/h13-18,21-24,34-38,41-44,47-48,50H,12,19-20,25-33H2,1-11H3,(H,54,64)(H,55,63)(H,56,65)(H,60,61). The molecule has 0 aromatic heterocycles. The summed E-state index contributed by atoms with van der Waals surface area (Å²) in [4.78, 5) is 84.7. The van der Waals surface area contributed by atoms with E-state index in [1.165, 1.54) is 0 Å². The maximum absolute atomic E-state index is 14.4. The van der Waals surface area contributed by atoms with Crippen LogP contribution in [0.25, 0.3) is 0 Å². The minimum absolute atomic E-state index is 0.0139. The molecule has 1 aliphatic rings. The first-order chi connectivity index (χ1) is 31.8. The van der Waals surface area contributed by atoms with Crippen molar-refractivity contribution in [2.24, 2.45) is 35.5 Å². The van der Waals surface area contributed by atoms with Crippen LogP contribution in [-0.4, -0.2) is 121 Å². The first kappa shape index (κ1) is 56.7. The van der Waals surface area contributed by atoms with E-state index in [4.69, 9.17) is 14.6 Å². The van der Waals surface area contributed by atoms with Gasteiger partial charge < -0.3 is 35.4 Å². The Morgan fingerprint density at radius 1 is 0.806 bits per heavy atom. The molecule has 1 heterocycles. The third-order valence-electron chi connectivity index (χ3n) is 13.9. The minimum atomic E-state index is -0.880. The predicted octanol–water partition coefficient (Wildman–Crippen LogP) is 6.69. The van der Waals surface area contributed by atoms with Gasteiger partial charge in [-0.25, -0.2) is 0 Å². The number of benzene rings is 2. The number of methoxy groups -OCH3 is 2. The molecule has 1 aliphatic heterocycles. The highest BCUT2D eigenvalue weighted by molar-refractivity contribution is 5.92. The summed E-state index contributed by atoms with van der Waals surface area (Å²) in [6.07, 6.45) is 3.25. The molecule has 0 aliphatic carbocycles. The number of hydrogen-bond acceptors (Lipinski definition) is 9. The lowest BCUT2D eigenvalue weighted by molar-refractivity contribution is -0.143. The van der Waals surface area contributed by atoms with Crippen molar-refractivity contribution in [3.63, 3.8) is 0 Å². The SMILES string of the molecule is CCC(C)C(CCC(C)C(=O)C(NC(=O)C(C(C)C)N(C)CCCC(=O)O)C(C)C)C(CC(=O)N1CCCC1C(OC)C(C)C(=O)NC(Cc1ccccc1)C(=O)NCc1ccccc1)OC. The van der Waals surface area contributed by atoms with Crippen LogP contribution < -0.4 is 16.0 Å². The zero-order chi connectivity index (χ0) is 49.8. The van der Waals surface area contributed by atoms with E-state index in [1.807, 2.05) is 112 Å². The molecule has 10 unspecified atom stereocenters. The predicted molar refractivity (Wildman–Crippen MR) is 262 cm³/mol. The van der Waals surface area contributed by atoms with Crippen LogP contribution in [0.3, 0.4) is 0 Å². The molecule has 0 saturated carbocycles. The van der Waals surface area contributed by atoms with Gasteiger partial charge in [0.2, 0.25) is 23.6 Å². The number of nitrogens with zero attached hydrogens (tertiary/aromatic N) is 2. The van der Waals surface area contributed by atoms with Crippen molar-refractivity contribution in [1.29, 1.82) is 0 Å². The number of ketones is 1. The Labute approximate surface area is 401 Å². The summed E-state index contributed by atoms with van der Waals surface area (Å²) in [6.45, 7) is 17.0. The fraction of sp³-hybridized carbons (Fsp3) is 0.660. The van der Waals surface area contributed by atoms with Gasteiger partial charge in [-0.3, -0.25) is 33.7 Å². The number of carboxylic acid groups (broad SMARTS) is 1. The normalized spacial score (nSPS) is 18.1. The topological polar surface area (TPSA) is 184 Å². The van der Waals surface area contributed by atoms with Crippen molar-refractivity contribution in [1.82, 2.24) is 25.8 Å². The van der Waals surface area contributed by atoms with E-state index >= 15 is 0 Å². The van der Waals surface area contributed by atoms with Crippen molar-refractivity contribution < 1.29 is 43.3 Å². The number of amides is 4. The summed E-state index contributed by atoms with van der Waals surface area (Å²) in [5.74, 6) is -3.02. The van der Waals surface area contributed by atoms with Crippen LogP contribution in [0.2, 0.25) is 0 Å². The molecule has 2 aromatic rings. The average Bonchev–Trinajstić information content (AvgIpc) is 3.79. The number of ether oxygens (including phenoxy) is 2. The second-order valence-electron chi connectivity index (χ2n) is 19.5. The summed E-state index contributed by atoms with van der Waals surface area (Å²) < 4.78 is 12.2. The summed E-state index contributed by atoms with van der Waals surface area (Å²) in [7, 11) is 5.00. The van der Waals surface area contributed by atoms with Crippen LogP contribution in [0, 0.1) is 35.5 Å². The fourth-order valence-corrected chi connectivity index (χ4v) is 9.72. The van der Waals surface area contributed by atoms with Gasteiger partial charge in [0.25, 0.3) is 0 Å². The lowest BCUT2D eigenvalue weighted by Crippen LogP contribution is -2.55. The van der Waals surface area contributed by atoms with Gasteiger partial charge in [0.15, 0.2) is 5.78 Å². The molecule has 67 heavy (non-hydrogen) atoms.